The van der Waals surface area contributed by atoms with Gasteiger partial charge < -0.3 is 9.88 Å². The number of aromatic nitrogens is 2. The van der Waals surface area contributed by atoms with Gasteiger partial charge in [-0.2, -0.15) is 11.8 Å². The number of nitrogens with one attached hydrogen (secondary N) is 1. The van der Waals surface area contributed by atoms with Crippen LogP contribution in [0.1, 0.15) is 18.0 Å². The van der Waals surface area contributed by atoms with Gasteiger partial charge in [-0.15, -0.1) is 0 Å². The van der Waals surface area contributed by atoms with Gasteiger partial charge in [0.1, 0.15) is 0 Å². The minimum Gasteiger partial charge on any atom is -0.333 e. The molecule has 2 heterocycles. The average molecular weight is 211 g/mol. The summed E-state index contributed by atoms with van der Waals surface area (Å²) in [7, 11) is 0. The van der Waals surface area contributed by atoms with Crippen LogP contribution in [0.4, 0.5) is 0 Å². The number of rotatable bonds is 4. The lowest BCUT2D eigenvalue weighted by Crippen LogP contribution is -2.12. The zero-order valence-corrected chi connectivity index (χ0v) is 9.39. The van der Waals surface area contributed by atoms with Crippen LogP contribution in [-0.4, -0.2) is 34.6 Å². The molecule has 0 radical (unpaired) electrons. The van der Waals surface area contributed by atoms with Crippen LogP contribution in [0.5, 0.6) is 0 Å². The van der Waals surface area contributed by atoms with Gasteiger partial charge >= 0.3 is 0 Å². The molecule has 1 aromatic heterocycles. The predicted octanol–water partition coefficient (Wildman–Crippen LogP) is 1.32. The summed E-state index contributed by atoms with van der Waals surface area (Å²) in [5, 5.41) is 3.40. The van der Waals surface area contributed by atoms with Crippen LogP contribution >= 0.6 is 11.8 Å². The molecule has 0 saturated carbocycles. The van der Waals surface area contributed by atoms with Gasteiger partial charge in [0.2, 0.25) is 0 Å². The van der Waals surface area contributed by atoms with E-state index in [1.165, 1.54) is 17.9 Å². The summed E-state index contributed by atoms with van der Waals surface area (Å²) in [6, 6.07) is 0. The van der Waals surface area contributed by atoms with Crippen molar-refractivity contribution in [1.29, 1.82) is 0 Å². The number of imidazole rings is 1. The zero-order chi connectivity index (χ0) is 9.80. The number of thioether (sulfide) groups is 1. The first-order chi connectivity index (χ1) is 6.92. The van der Waals surface area contributed by atoms with Crippen LogP contribution in [0.3, 0.4) is 0 Å². The van der Waals surface area contributed by atoms with E-state index in [0.717, 1.165) is 19.6 Å². The van der Waals surface area contributed by atoms with E-state index in [1.54, 1.807) is 0 Å². The molecule has 1 N–H and O–H groups in total. The summed E-state index contributed by atoms with van der Waals surface area (Å²) >= 11 is 1.89. The van der Waals surface area contributed by atoms with Crippen molar-refractivity contribution in [2.24, 2.45) is 0 Å². The molecule has 0 amide bonds. The van der Waals surface area contributed by atoms with Crippen molar-refractivity contribution in [3.05, 3.63) is 18.2 Å². The summed E-state index contributed by atoms with van der Waals surface area (Å²) in [6.07, 6.45) is 7.39. The van der Waals surface area contributed by atoms with Crippen molar-refractivity contribution in [1.82, 2.24) is 14.9 Å². The van der Waals surface area contributed by atoms with E-state index in [1.807, 2.05) is 24.3 Å². The predicted molar refractivity (Wildman–Crippen MR) is 60.8 cm³/mol. The molecule has 0 aliphatic carbocycles. The summed E-state index contributed by atoms with van der Waals surface area (Å²) in [5.41, 5.74) is 1.41. The molecular formula is C10H17N3S. The monoisotopic (exact) mass is 211 g/mol. The fourth-order valence-electron chi connectivity index (χ4n) is 1.95. The third-order valence-corrected chi connectivity index (χ3v) is 3.35. The van der Waals surface area contributed by atoms with Gasteiger partial charge in [0.25, 0.3) is 0 Å². The lowest BCUT2D eigenvalue weighted by Gasteiger charge is -2.11. The maximum atomic E-state index is 4.25. The fourth-order valence-corrected chi connectivity index (χ4v) is 2.33. The van der Waals surface area contributed by atoms with Gasteiger partial charge in [-0.05, 0) is 19.2 Å². The quantitative estimate of drug-likeness (QED) is 0.814. The highest BCUT2D eigenvalue weighted by atomic mass is 32.2. The van der Waals surface area contributed by atoms with Crippen molar-refractivity contribution in [2.45, 2.75) is 18.9 Å². The van der Waals surface area contributed by atoms with Crippen molar-refractivity contribution < 1.29 is 0 Å². The molecule has 1 fully saturated rings. The van der Waals surface area contributed by atoms with Gasteiger partial charge in [-0.1, -0.05) is 0 Å². The maximum absolute atomic E-state index is 4.25. The Balaban J connectivity index is 2.04. The largest absolute Gasteiger partial charge is 0.333 e. The van der Waals surface area contributed by atoms with Crippen LogP contribution in [0.15, 0.2) is 12.5 Å². The third-order valence-electron chi connectivity index (χ3n) is 2.76. The fraction of sp³-hybridized carbons (Fsp3) is 0.700. The maximum Gasteiger partial charge on any atom is 0.0948 e. The summed E-state index contributed by atoms with van der Waals surface area (Å²) in [6.45, 7) is 3.36. The molecule has 78 valence electrons. The lowest BCUT2D eigenvalue weighted by atomic mass is 10.1. The molecule has 1 saturated heterocycles. The number of nitrogens with zero attached hydrogens (tertiary/aromatic N) is 2. The molecular weight excluding hydrogens is 194 g/mol. The van der Waals surface area contributed by atoms with Crippen LogP contribution in [0.2, 0.25) is 0 Å². The Morgan fingerprint density at radius 3 is 3.36 bits per heavy atom. The Labute approximate surface area is 89.3 Å². The van der Waals surface area contributed by atoms with Gasteiger partial charge in [-0.3, -0.25) is 0 Å². The molecule has 1 atom stereocenters. The van der Waals surface area contributed by atoms with Gasteiger partial charge in [-0.25, -0.2) is 4.98 Å². The highest BCUT2D eigenvalue weighted by Gasteiger charge is 2.19. The van der Waals surface area contributed by atoms with Crippen molar-refractivity contribution in [2.75, 3.05) is 25.1 Å². The van der Waals surface area contributed by atoms with Crippen LogP contribution < -0.4 is 5.32 Å². The highest BCUT2D eigenvalue weighted by Crippen LogP contribution is 2.21. The Kier molecular flexibility index (Phi) is 3.48. The first kappa shape index (κ1) is 10.1. The molecule has 3 nitrogen and oxygen atoms in total. The SMILES string of the molecule is CSCCn1cncc1C1CCNC1. The number of hydrogen-bond donors (Lipinski definition) is 1. The first-order valence-corrected chi connectivity index (χ1v) is 6.51. The Morgan fingerprint density at radius 2 is 2.64 bits per heavy atom. The lowest BCUT2D eigenvalue weighted by molar-refractivity contribution is 0.644. The molecule has 1 unspecified atom stereocenters. The highest BCUT2D eigenvalue weighted by molar-refractivity contribution is 7.98. The molecule has 0 bridgehead atoms. The van der Waals surface area contributed by atoms with E-state index in [-0.39, 0.29) is 0 Å². The van der Waals surface area contributed by atoms with E-state index < -0.39 is 0 Å². The van der Waals surface area contributed by atoms with E-state index >= 15 is 0 Å². The minimum absolute atomic E-state index is 0.680. The van der Waals surface area contributed by atoms with E-state index in [2.05, 4.69) is 21.1 Å². The molecule has 1 aliphatic heterocycles. The van der Waals surface area contributed by atoms with Gasteiger partial charge in [0, 0.05) is 36.7 Å². The summed E-state index contributed by atoms with van der Waals surface area (Å²) in [4.78, 5) is 4.25. The van der Waals surface area contributed by atoms with E-state index in [0.29, 0.717) is 5.92 Å². The van der Waals surface area contributed by atoms with E-state index in [9.17, 15) is 0 Å². The second kappa shape index (κ2) is 4.84. The van der Waals surface area contributed by atoms with Crippen molar-refractivity contribution in [3.8, 4) is 0 Å². The topological polar surface area (TPSA) is 29.9 Å². The standard InChI is InChI=1S/C10H17N3S/c1-14-5-4-13-8-12-7-10(13)9-2-3-11-6-9/h7-9,11H,2-6H2,1H3. The van der Waals surface area contributed by atoms with Crippen LogP contribution in [0.25, 0.3) is 0 Å². The molecule has 0 aromatic carbocycles. The average Bonchev–Trinajstić information content (AvgIpc) is 2.84. The summed E-state index contributed by atoms with van der Waals surface area (Å²) < 4.78 is 2.30. The van der Waals surface area contributed by atoms with Gasteiger partial charge in [0.05, 0.1) is 6.33 Å². The Morgan fingerprint density at radius 1 is 1.71 bits per heavy atom. The van der Waals surface area contributed by atoms with Crippen LogP contribution in [0, 0.1) is 0 Å². The van der Waals surface area contributed by atoms with Crippen molar-refractivity contribution in [3.63, 3.8) is 0 Å². The Bertz CT molecular complexity index is 279. The molecule has 1 aliphatic rings. The molecule has 2 rings (SSSR count). The smallest absolute Gasteiger partial charge is 0.0948 e. The van der Waals surface area contributed by atoms with Crippen LogP contribution in [-0.2, 0) is 6.54 Å². The van der Waals surface area contributed by atoms with Gasteiger partial charge in [0.15, 0.2) is 0 Å². The zero-order valence-electron chi connectivity index (χ0n) is 8.57. The normalized spacial score (nSPS) is 21.6. The minimum atomic E-state index is 0.680. The second-order valence-electron chi connectivity index (χ2n) is 3.69. The Hall–Kier alpha value is -0.480. The number of aryl methyl sites for hydroxylation is 1. The first-order valence-electron chi connectivity index (χ1n) is 5.11. The molecule has 1 aromatic rings. The molecule has 0 spiro atoms. The molecule has 14 heavy (non-hydrogen) atoms. The third kappa shape index (κ3) is 2.12. The molecule has 4 heteroatoms. The summed E-state index contributed by atoms with van der Waals surface area (Å²) in [5.74, 6) is 1.85. The number of hydrogen-bond acceptors (Lipinski definition) is 3. The van der Waals surface area contributed by atoms with Crippen molar-refractivity contribution >= 4 is 11.8 Å². The second-order valence-corrected chi connectivity index (χ2v) is 4.68. The van der Waals surface area contributed by atoms with E-state index in [4.69, 9.17) is 0 Å².